The summed E-state index contributed by atoms with van der Waals surface area (Å²) in [5.74, 6) is 5.09. The van der Waals surface area contributed by atoms with Crippen LogP contribution in [0.1, 0.15) is 123 Å². The highest BCUT2D eigenvalue weighted by Gasteiger charge is 2.54. The SMILES string of the molecule is C=C1CC[C@H](O)C/C1=C/C=C1\CCC[C@]2(C)[C@@H]([C@@H](C)CCC[C@@H](O)C34CC5CC(CC(C5)C3)C4)CC[C@@H]12. The number of rotatable bonds is 7. The summed E-state index contributed by atoms with van der Waals surface area (Å²) in [7, 11) is 0. The Kier molecular flexibility index (Phi) is 7.32. The van der Waals surface area contributed by atoms with Crippen LogP contribution in [0.25, 0.3) is 0 Å². The minimum Gasteiger partial charge on any atom is -0.393 e. The fourth-order valence-corrected chi connectivity index (χ4v) is 11.3. The van der Waals surface area contributed by atoms with Crippen molar-refractivity contribution >= 4 is 0 Å². The summed E-state index contributed by atoms with van der Waals surface area (Å²) in [4.78, 5) is 0. The maximum Gasteiger partial charge on any atom is 0.0596 e. The van der Waals surface area contributed by atoms with Gasteiger partial charge in [-0.1, -0.05) is 56.6 Å². The van der Waals surface area contributed by atoms with Crippen molar-refractivity contribution in [3.05, 3.63) is 35.5 Å². The van der Waals surface area contributed by atoms with Crippen molar-refractivity contribution < 1.29 is 10.2 Å². The van der Waals surface area contributed by atoms with Gasteiger partial charge in [-0.25, -0.2) is 0 Å². The van der Waals surface area contributed by atoms with Crippen LogP contribution in [0.3, 0.4) is 0 Å². The predicted molar refractivity (Wildman–Crippen MR) is 153 cm³/mol. The summed E-state index contributed by atoms with van der Waals surface area (Å²) in [6, 6.07) is 0. The zero-order chi connectivity index (χ0) is 25.8. The Balaban J connectivity index is 1.06. The molecule has 0 saturated heterocycles. The minimum atomic E-state index is -0.190. The molecule has 6 atom stereocenters. The van der Waals surface area contributed by atoms with E-state index < -0.39 is 0 Å². The molecule has 0 heterocycles. The molecular formula is C35H54O2. The molecule has 0 unspecified atom stereocenters. The zero-order valence-corrected chi connectivity index (χ0v) is 23.9. The van der Waals surface area contributed by atoms with Gasteiger partial charge >= 0.3 is 0 Å². The van der Waals surface area contributed by atoms with Gasteiger partial charge in [-0.15, -0.1) is 0 Å². The Hall–Kier alpha value is -0.860. The molecule has 0 aliphatic heterocycles. The average Bonchev–Trinajstić information content (AvgIpc) is 3.21. The van der Waals surface area contributed by atoms with Crippen molar-refractivity contribution in [1.29, 1.82) is 0 Å². The molecule has 0 aromatic rings. The molecule has 7 fully saturated rings. The molecule has 0 aromatic carbocycles. The van der Waals surface area contributed by atoms with Crippen LogP contribution in [0.2, 0.25) is 0 Å². The second kappa shape index (κ2) is 10.3. The molecule has 37 heavy (non-hydrogen) atoms. The number of hydrogen-bond acceptors (Lipinski definition) is 2. The van der Waals surface area contributed by atoms with Crippen LogP contribution in [0, 0.1) is 46.3 Å². The summed E-state index contributed by atoms with van der Waals surface area (Å²) in [6.07, 6.45) is 25.7. The molecular weight excluding hydrogens is 452 g/mol. The van der Waals surface area contributed by atoms with E-state index in [9.17, 15) is 10.2 Å². The van der Waals surface area contributed by atoms with E-state index in [0.717, 1.165) is 61.2 Å². The van der Waals surface area contributed by atoms with E-state index in [2.05, 4.69) is 32.6 Å². The monoisotopic (exact) mass is 506 g/mol. The first-order valence-electron chi connectivity index (χ1n) is 16.2. The van der Waals surface area contributed by atoms with Gasteiger partial charge in [-0.3, -0.25) is 0 Å². The lowest BCUT2D eigenvalue weighted by molar-refractivity contribution is -0.122. The number of hydrogen-bond donors (Lipinski definition) is 2. The van der Waals surface area contributed by atoms with Crippen molar-refractivity contribution in [2.75, 3.05) is 0 Å². The minimum absolute atomic E-state index is 0.0506. The first-order chi connectivity index (χ1) is 17.8. The van der Waals surface area contributed by atoms with E-state index >= 15 is 0 Å². The Morgan fingerprint density at radius 2 is 1.68 bits per heavy atom. The molecule has 0 aromatic heterocycles. The Bertz CT molecular complexity index is 890. The van der Waals surface area contributed by atoms with Crippen LogP contribution in [0.4, 0.5) is 0 Å². The normalized spacial score (nSPS) is 47.0. The fraction of sp³-hybridized carbons (Fsp3) is 0.829. The summed E-state index contributed by atoms with van der Waals surface area (Å²) >= 11 is 0. The molecule has 0 spiro atoms. The zero-order valence-electron chi connectivity index (χ0n) is 23.9. The molecule has 0 radical (unpaired) electrons. The summed E-state index contributed by atoms with van der Waals surface area (Å²) < 4.78 is 0. The number of aliphatic hydroxyl groups is 2. The first-order valence-corrected chi connectivity index (χ1v) is 16.2. The lowest BCUT2D eigenvalue weighted by Crippen LogP contribution is -2.51. The average molecular weight is 507 g/mol. The Morgan fingerprint density at radius 3 is 2.38 bits per heavy atom. The number of aliphatic hydroxyl groups excluding tert-OH is 2. The molecule has 2 nitrogen and oxygen atoms in total. The quantitative estimate of drug-likeness (QED) is 0.363. The van der Waals surface area contributed by atoms with Gasteiger partial charge in [-0.2, -0.15) is 0 Å². The molecule has 206 valence electrons. The van der Waals surface area contributed by atoms with Gasteiger partial charge < -0.3 is 10.2 Å². The maximum atomic E-state index is 11.4. The van der Waals surface area contributed by atoms with Crippen LogP contribution in [-0.2, 0) is 0 Å². The van der Waals surface area contributed by atoms with Crippen LogP contribution < -0.4 is 0 Å². The highest BCUT2D eigenvalue weighted by Crippen LogP contribution is 2.62. The standard InChI is InChI=1S/C35H54O2/c1-23-9-12-30(36)19-29(23)11-10-28-7-5-15-34(3)31(13-14-32(28)34)24(2)6-4-8-33(37)35-20-25-16-26(21-35)18-27(17-25)22-35/h10-11,24-27,30-33,36-37H,1,4-9,12-22H2,2-3H3/b28-10+,29-11-/t24-,25?,26?,27?,30-,31+,32-,33+,34+,35?/m0/s1. The third kappa shape index (κ3) is 4.97. The van der Waals surface area contributed by atoms with E-state index in [1.54, 1.807) is 5.57 Å². The Morgan fingerprint density at radius 1 is 0.973 bits per heavy atom. The van der Waals surface area contributed by atoms with E-state index in [1.807, 2.05) is 0 Å². The summed E-state index contributed by atoms with van der Waals surface area (Å²) in [5.41, 5.74) is 4.90. The fourth-order valence-electron chi connectivity index (χ4n) is 11.3. The molecule has 7 aliphatic rings. The van der Waals surface area contributed by atoms with E-state index in [0.29, 0.717) is 10.8 Å². The van der Waals surface area contributed by atoms with Gasteiger partial charge in [0.1, 0.15) is 0 Å². The predicted octanol–water partition coefficient (Wildman–Crippen LogP) is 8.54. The lowest BCUT2D eigenvalue weighted by atomic mass is 9.48. The van der Waals surface area contributed by atoms with Crippen molar-refractivity contribution in [3.63, 3.8) is 0 Å². The number of allylic oxidation sites excluding steroid dienone is 4. The third-order valence-electron chi connectivity index (χ3n) is 12.8. The molecule has 7 saturated carbocycles. The largest absolute Gasteiger partial charge is 0.393 e. The Labute approximate surface area is 227 Å². The van der Waals surface area contributed by atoms with E-state index in [-0.39, 0.29) is 12.2 Å². The smallest absolute Gasteiger partial charge is 0.0596 e. The molecule has 0 amide bonds. The van der Waals surface area contributed by atoms with E-state index in [4.69, 9.17) is 0 Å². The second-order valence-electron chi connectivity index (χ2n) is 15.2. The van der Waals surface area contributed by atoms with Crippen molar-refractivity contribution in [3.8, 4) is 0 Å². The van der Waals surface area contributed by atoms with Crippen LogP contribution >= 0.6 is 0 Å². The maximum absolute atomic E-state index is 11.4. The highest BCUT2D eigenvalue weighted by atomic mass is 16.3. The molecule has 2 heteroatoms. The molecule has 4 bridgehead atoms. The van der Waals surface area contributed by atoms with Crippen LogP contribution in [-0.4, -0.2) is 22.4 Å². The topological polar surface area (TPSA) is 40.5 Å². The van der Waals surface area contributed by atoms with Crippen LogP contribution in [0.5, 0.6) is 0 Å². The van der Waals surface area contributed by atoms with Gasteiger partial charge in [-0.05, 0) is 148 Å². The van der Waals surface area contributed by atoms with Gasteiger partial charge in [0.2, 0.25) is 0 Å². The van der Waals surface area contributed by atoms with E-state index in [1.165, 1.54) is 94.6 Å². The molecule has 2 N–H and O–H groups in total. The lowest BCUT2D eigenvalue weighted by Gasteiger charge is -2.58. The summed E-state index contributed by atoms with van der Waals surface area (Å²) in [5, 5.41) is 21.6. The van der Waals surface area contributed by atoms with Gasteiger partial charge in [0.15, 0.2) is 0 Å². The third-order valence-corrected chi connectivity index (χ3v) is 12.8. The van der Waals surface area contributed by atoms with Crippen molar-refractivity contribution in [1.82, 2.24) is 0 Å². The van der Waals surface area contributed by atoms with Gasteiger partial charge in [0.05, 0.1) is 12.2 Å². The highest BCUT2D eigenvalue weighted by molar-refractivity contribution is 5.36. The molecule has 7 rings (SSSR count). The van der Waals surface area contributed by atoms with Crippen molar-refractivity contribution in [2.45, 2.75) is 135 Å². The molecule has 7 aliphatic carbocycles. The summed E-state index contributed by atoms with van der Waals surface area (Å²) in [6.45, 7) is 9.42. The van der Waals surface area contributed by atoms with Crippen LogP contribution in [0.15, 0.2) is 35.5 Å². The first kappa shape index (κ1) is 26.4. The second-order valence-corrected chi connectivity index (χ2v) is 15.2. The van der Waals surface area contributed by atoms with Gasteiger partial charge in [0, 0.05) is 0 Å². The van der Waals surface area contributed by atoms with Crippen molar-refractivity contribution in [2.24, 2.45) is 46.3 Å². The number of fused-ring (bicyclic) bond motifs is 1. The van der Waals surface area contributed by atoms with Gasteiger partial charge in [0.25, 0.3) is 0 Å².